The topological polar surface area (TPSA) is 175 Å². The number of rotatable bonds is 55. The number of allylic oxidation sites excluding steroid dienone is 3. The summed E-state index contributed by atoms with van der Waals surface area (Å²) >= 11 is 0. The minimum absolute atomic E-state index is 0.128. The van der Waals surface area contributed by atoms with Gasteiger partial charge in [0.2, 0.25) is 5.91 Å². The fourth-order valence-corrected chi connectivity index (χ4v) is 10.2. The van der Waals surface area contributed by atoms with Crippen LogP contribution in [0, 0.1) is 0 Å². The number of ether oxygens (including phenoxy) is 3. The molecule has 0 spiro atoms. The Morgan fingerprint density at radius 1 is 0.507 bits per heavy atom. The summed E-state index contributed by atoms with van der Waals surface area (Å²) in [4.78, 5) is 26.5. The summed E-state index contributed by atoms with van der Waals surface area (Å²) in [6.07, 6.45) is 50.8. The smallest absolute Gasteiger partial charge is 0.306 e. The van der Waals surface area contributed by atoms with Gasteiger partial charge in [-0.15, -0.1) is 0 Å². The molecule has 0 aromatic heterocycles. The number of esters is 1. The Bertz CT molecular complexity index is 1310. The van der Waals surface area contributed by atoms with Crippen molar-refractivity contribution >= 4 is 11.9 Å². The molecule has 1 fully saturated rings. The minimum atomic E-state index is -1.61. The van der Waals surface area contributed by atoms with Gasteiger partial charge in [0.1, 0.15) is 24.4 Å². The molecule has 11 heteroatoms. The second-order valence-corrected chi connectivity index (χ2v) is 22.5. The predicted octanol–water partition coefficient (Wildman–Crippen LogP) is 15.3. The van der Waals surface area contributed by atoms with Crippen molar-refractivity contribution in [3.8, 4) is 0 Å². The molecule has 0 bridgehead atoms. The maximum Gasteiger partial charge on any atom is 0.306 e. The van der Waals surface area contributed by atoms with Crippen LogP contribution in [0.3, 0.4) is 0 Å². The van der Waals surface area contributed by atoms with E-state index in [1.54, 1.807) is 6.08 Å². The second-order valence-electron chi connectivity index (χ2n) is 22.5. The number of hydrogen-bond acceptors (Lipinski definition) is 10. The molecule has 1 amide bonds. The van der Waals surface area contributed by atoms with E-state index in [1.165, 1.54) is 205 Å². The van der Waals surface area contributed by atoms with Gasteiger partial charge in [-0.25, -0.2) is 0 Å². The average Bonchev–Trinajstić information content (AvgIpc) is 3.41. The number of unbranched alkanes of at least 4 members (excludes halogenated alkanes) is 39. The van der Waals surface area contributed by atoms with Crippen LogP contribution in [0.5, 0.6) is 0 Å². The third kappa shape index (κ3) is 40.9. The van der Waals surface area contributed by atoms with Gasteiger partial charge in [0.25, 0.3) is 0 Å². The molecule has 0 radical (unpaired) electrons. The maximum atomic E-state index is 13.4. The Morgan fingerprint density at radius 2 is 0.880 bits per heavy atom. The lowest BCUT2D eigenvalue weighted by Gasteiger charge is -2.41. The maximum absolute atomic E-state index is 13.4. The lowest BCUT2D eigenvalue weighted by molar-refractivity contribution is -0.305. The highest BCUT2D eigenvalue weighted by molar-refractivity contribution is 5.80. The monoisotopic (exact) mass is 1060 g/mol. The molecule has 1 aliphatic rings. The number of nitrogens with one attached hydrogen (secondary N) is 1. The van der Waals surface area contributed by atoms with Crippen LogP contribution in [0.15, 0.2) is 24.3 Å². The normalized spacial score (nSPS) is 19.3. The second kappa shape index (κ2) is 52.8. The van der Waals surface area contributed by atoms with Gasteiger partial charge in [-0.1, -0.05) is 276 Å². The fraction of sp³-hybridized carbons (Fsp3) is 0.906. The van der Waals surface area contributed by atoms with Crippen LogP contribution >= 0.6 is 0 Å². The molecule has 442 valence electrons. The van der Waals surface area contributed by atoms with Gasteiger partial charge in [0.15, 0.2) is 12.4 Å². The quantitative estimate of drug-likeness (QED) is 0.0195. The molecule has 1 aliphatic heterocycles. The zero-order valence-corrected chi connectivity index (χ0v) is 48.9. The third-order valence-electron chi connectivity index (χ3n) is 15.4. The van der Waals surface area contributed by atoms with Gasteiger partial charge in [0.05, 0.1) is 25.4 Å². The fourth-order valence-electron chi connectivity index (χ4n) is 10.2. The van der Waals surface area contributed by atoms with Crippen molar-refractivity contribution in [2.24, 2.45) is 0 Å². The zero-order chi connectivity index (χ0) is 54.7. The highest BCUT2D eigenvalue weighted by atomic mass is 16.7. The molecule has 0 aromatic rings. The summed E-state index contributed by atoms with van der Waals surface area (Å²) in [5.41, 5.74) is 0. The molecule has 8 unspecified atom stereocenters. The first kappa shape index (κ1) is 71.2. The summed E-state index contributed by atoms with van der Waals surface area (Å²) in [7, 11) is 0. The van der Waals surface area contributed by atoms with E-state index >= 15 is 0 Å². The molecule has 0 saturated carbocycles. The molecular weight excluding hydrogens is 943 g/mol. The van der Waals surface area contributed by atoms with Crippen LogP contribution in [-0.4, -0.2) is 99.6 Å². The van der Waals surface area contributed by atoms with Crippen LogP contribution in [0.1, 0.15) is 310 Å². The first-order chi connectivity index (χ1) is 36.7. The van der Waals surface area contributed by atoms with E-state index in [-0.39, 0.29) is 19.4 Å². The van der Waals surface area contributed by atoms with Gasteiger partial charge in [0, 0.05) is 6.42 Å². The van der Waals surface area contributed by atoms with E-state index in [1.807, 2.05) is 6.08 Å². The minimum Gasteiger partial charge on any atom is -0.454 e. The van der Waals surface area contributed by atoms with Crippen LogP contribution in [0.25, 0.3) is 0 Å². The Labute approximate surface area is 461 Å². The van der Waals surface area contributed by atoms with Crippen LogP contribution < -0.4 is 5.32 Å². The van der Waals surface area contributed by atoms with Gasteiger partial charge in [-0.2, -0.15) is 0 Å². The number of aliphatic hydroxyl groups is 5. The Hall–Kier alpha value is -1.86. The Morgan fingerprint density at radius 3 is 1.29 bits per heavy atom. The number of carbonyl (C=O) groups is 2. The van der Waals surface area contributed by atoms with E-state index in [2.05, 4.69) is 38.2 Å². The van der Waals surface area contributed by atoms with Crippen LogP contribution in [0.2, 0.25) is 0 Å². The van der Waals surface area contributed by atoms with Gasteiger partial charge in [-0.05, 0) is 51.4 Å². The largest absolute Gasteiger partial charge is 0.454 e. The lowest BCUT2D eigenvalue weighted by Crippen LogP contribution is -2.61. The van der Waals surface area contributed by atoms with Gasteiger partial charge >= 0.3 is 5.97 Å². The molecule has 6 N–H and O–H groups in total. The van der Waals surface area contributed by atoms with Crippen molar-refractivity contribution in [2.45, 2.75) is 359 Å². The van der Waals surface area contributed by atoms with E-state index in [0.717, 1.165) is 57.8 Å². The standard InChI is InChI=1S/C64H121NO10/c1-4-7-10-13-16-19-22-25-26-27-28-29-30-31-32-34-37-40-43-46-49-52-59(69)75-62-61(71)60(70)58(53-66)74-64(62)73-54-55(56(67)50-47-44-41-38-35-24-21-18-15-12-9-6-3)65-63(72)57(68)51-48-45-42-39-36-33-23-20-17-14-11-8-5-2/h36,39,47,50,55-58,60-62,64,66-68,70-71H,4-35,37-38,40-46,48-49,51-54H2,1-3H3,(H,65,72)/b39-36-,50-47+. The van der Waals surface area contributed by atoms with Crippen LogP contribution in [-0.2, 0) is 23.8 Å². The van der Waals surface area contributed by atoms with E-state index in [4.69, 9.17) is 14.2 Å². The van der Waals surface area contributed by atoms with Crippen molar-refractivity contribution in [1.29, 1.82) is 0 Å². The Balaban J connectivity index is 2.62. The van der Waals surface area contributed by atoms with Crippen molar-refractivity contribution in [1.82, 2.24) is 5.32 Å². The number of amides is 1. The molecule has 11 nitrogen and oxygen atoms in total. The molecule has 1 heterocycles. The van der Waals surface area contributed by atoms with Crippen molar-refractivity contribution in [3.05, 3.63) is 24.3 Å². The van der Waals surface area contributed by atoms with Crippen molar-refractivity contribution < 1.29 is 49.3 Å². The molecule has 1 saturated heterocycles. The number of aliphatic hydroxyl groups excluding tert-OH is 5. The van der Waals surface area contributed by atoms with Crippen molar-refractivity contribution in [2.75, 3.05) is 13.2 Å². The first-order valence-electron chi connectivity index (χ1n) is 32.1. The highest BCUT2D eigenvalue weighted by Gasteiger charge is 2.47. The van der Waals surface area contributed by atoms with E-state index in [0.29, 0.717) is 12.8 Å². The molecule has 1 rings (SSSR count). The zero-order valence-electron chi connectivity index (χ0n) is 48.9. The summed E-state index contributed by atoms with van der Waals surface area (Å²) in [6, 6.07) is -1.03. The lowest BCUT2D eigenvalue weighted by atomic mass is 9.99. The molecule has 0 aliphatic carbocycles. The first-order valence-corrected chi connectivity index (χ1v) is 32.1. The third-order valence-corrected chi connectivity index (χ3v) is 15.4. The number of hydrogen-bond donors (Lipinski definition) is 6. The summed E-state index contributed by atoms with van der Waals surface area (Å²) in [5.74, 6) is -1.20. The molecule has 0 aromatic carbocycles. The van der Waals surface area contributed by atoms with Crippen molar-refractivity contribution in [3.63, 3.8) is 0 Å². The predicted molar refractivity (Wildman–Crippen MR) is 311 cm³/mol. The SMILES string of the molecule is CCCCCCCCC/C=C\CCCCC(O)C(=O)NC(COC1OC(CO)C(O)C(O)C1OC(=O)CCCCCCCCCCCCCCCCCCCCCCC)C(O)/C=C/CCCCCCCCCCCC. The van der Waals surface area contributed by atoms with E-state index < -0.39 is 67.4 Å². The molecule has 75 heavy (non-hydrogen) atoms. The Kier molecular flexibility index (Phi) is 50.1. The number of carbonyl (C=O) groups excluding carboxylic acids is 2. The molecule has 8 atom stereocenters. The molecular formula is C64H121NO10. The highest BCUT2D eigenvalue weighted by Crippen LogP contribution is 2.26. The van der Waals surface area contributed by atoms with Gasteiger partial charge in [-0.3, -0.25) is 9.59 Å². The summed E-state index contributed by atoms with van der Waals surface area (Å²) < 4.78 is 17.6. The average molecular weight is 1060 g/mol. The van der Waals surface area contributed by atoms with E-state index in [9.17, 15) is 35.1 Å². The van der Waals surface area contributed by atoms with Crippen LogP contribution in [0.4, 0.5) is 0 Å². The summed E-state index contributed by atoms with van der Waals surface area (Å²) in [6.45, 7) is 5.80. The van der Waals surface area contributed by atoms with Gasteiger partial charge < -0.3 is 45.1 Å². The summed E-state index contributed by atoms with van der Waals surface area (Å²) in [5, 5.41) is 56.9.